The molecule has 92 valence electrons. The van der Waals surface area contributed by atoms with Crippen LogP contribution in [-0.2, 0) is 6.54 Å². The van der Waals surface area contributed by atoms with Crippen LogP contribution < -0.4 is 17.7 Å². The van der Waals surface area contributed by atoms with E-state index in [-0.39, 0.29) is 12.4 Å². The van der Waals surface area contributed by atoms with E-state index < -0.39 is 0 Å². The van der Waals surface area contributed by atoms with Gasteiger partial charge in [-0.1, -0.05) is 36.1 Å². The zero-order valence-corrected chi connectivity index (χ0v) is 10.7. The maximum absolute atomic E-state index is 4.06. The van der Waals surface area contributed by atoms with Gasteiger partial charge >= 0.3 is 0 Å². The van der Waals surface area contributed by atoms with Crippen LogP contribution in [0.25, 0.3) is 0 Å². The van der Waals surface area contributed by atoms with Gasteiger partial charge in [-0.15, -0.1) is 0 Å². The number of halogens is 1. The van der Waals surface area contributed by atoms with Crippen molar-refractivity contribution in [3.63, 3.8) is 0 Å². The number of nitrogens with one attached hydrogen (secondary N) is 1. The molecule has 1 N–H and O–H groups in total. The third-order valence-corrected chi connectivity index (χ3v) is 2.27. The topological polar surface area (TPSA) is 24.9 Å². The molecule has 1 heterocycles. The second-order valence-corrected chi connectivity index (χ2v) is 3.63. The largest absolute Gasteiger partial charge is 1.00 e. The van der Waals surface area contributed by atoms with E-state index in [1.807, 2.05) is 48.7 Å². The molecule has 1 aromatic heterocycles. The summed E-state index contributed by atoms with van der Waals surface area (Å²) in [4.78, 5) is 4.06. The molecule has 0 fully saturated rings. The van der Waals surface area contributed by atoms with Crippen molar-refractivity contribution >= 4 is 0 Å². The van der Waals surface area contributed by atoms with Gasteiger partial charge < -0.3 is 17.7 Å². The van der Waals surface area contributed by atoms with Crippen LogP contribution in [0, 0.1) is 11.8 Å². The van der Waals surface area contributed by atoms with Crippen molar-refractivity contribution in [1.82, 2.24) is 10.3 Å². The van der Waals surface area contributed by atoms with Gasteiger partial charge in [0.1, 0.15) is 0 Å². The van der Waals surface area contributed by atoms with Crippen molar-refractivity contribution in [3.8, 4) is 11.8 Å². The Hall–Kier alpha value is -1.82. The van der Waals surface area contributed by atoms with Crippen molar-refractivity contribution in [2.75, 3.05) is 6.54 Å². The first kappa shape index (κ1) is 14.2. The van der Waals surface area contributed by atoms with Crippen LogP contribution in [0.15, 0.2) is 54.9 Å². The normalized spacial score (nSPS) is 8.89. The molecule has 0 bridgehead atoms. The summed E-state index contributed by atoms with van der Waals surface area (Å²) >= 11 is 0. The van der Waals surface area contributed by atoms with Gasteiger partial charge in [0.25, 0.3) is 0 Å². The molecule has 0 spiro atoms. The molecular formula is C15H14ClN2-. The molecule has 0 saturated carbocycles. The molecule has 0 aliphatic carbocycles. The average Bonchev–Trinajstić information content (AvgIpc) is 2.41. The van der Waals surface area contributed by atoms with E-state index >= 15 is 0 Å². The van der Waals surface area contributed by atoms with Crippen molar-refractivity contribution in [3.05, 3.63) is 66.0 Å². The number of rotatable bonds is 3. The molecule has 0 aliphatic rings. The molecule has 0 atom stereocenters. The molecule has 2 aromatic rings. The summed E-state index contributed by atoms with van der Waals surface area (Å²) < 4.78 is 0. The molecule has 18 heavy (non-hydrogen) atoms. The maximum Gasteiger partial charge on any atom is 0.0582 e. The van der Waals surface area contributed by atoms with Gasteiger partial charge in [-0.25, -0.2) is 0 Å². The second kappa shape index (κ2) is 8.30. The third kappa shape index (κ3) is 5.01. The predicted octanol–water partition coefficient (Wildman–Crippen LogP) is -0.773. The molecule has 0 aliphatic heterocycles. The molecular weight excluding hydrogens is 244 g/mol. The zero-order chi connectivity index (χ0) is 11.8. The number of pyridine rings is 1. The fraction of sp³-hybridized carbons (Fsp3) is 0.133. The Morgan fingerprint density at radius 3 is 2.61 bits per heavy atom. The van der Waals surface area contributed by atoms with Crippen LogP contribution in [0.4, 0.5) is 0 Å². The van der Waals surface area contributed by atoms with Gasteiger partial charge in [0.15, 0.2) is 0 Å². The highest BCUT2D eigenvalue weighted by Crippen LogP contribution is 1.95. The van der Waals surface area contributed by atoms with Gasteiger partial charge in [0, 0.05) is 24.5 Å². The van der Waals surface area contributed by atoms with Gasteiger partial charge in [-0.3, -0.25) is 4.98 Å². The zero-order valence-electron chi connectivity index (χ0n) is 9.94. The Bertz CT molecular complexity index is 500. The molecule has 1 aromatic carbocycles. The highest BCUT2D eigenvalue weighted by molar-refractivity contribution is 5.33. The Balaban J connectivity index is 0.00000162. The fourth-order valence-electron chi connectivity index (χ4n) is 1.44. The lowest BCUT2D eigenvalue weighted by atomic mass is 10.2. The van der Waals surface area contributed by atoms with E-state index in [4.69, 9.17) is 0 Å². The quantitative estimate of drug-likeness (QED) is 0.577. The van der Waals surface area contributed by atoms with Crippen molar-refractivity contribution in [1.29, 1.82) is 0 Å². The molecule has 0 amide bonds. The summed E-state index contributed by atoms with van der Waals surface area (Å²) in [6.45, 7) is 1.49. The number of benzene rings is 1. The van der Waals surface area contributed by atoms with E-state index in [1.165, 1.54) is 5.56 Å². The van der Waals surface area contributed by atoms with Crippen LogP contribution in [0.3, 0.4) is 0 Å². The number of nitrogens with zero attached hydrogens (tertiary/aromatic N) is 1. The summed E-state index contributed by atoms with van der Waals surface area (Å²) in [6, 6.07) is 14.0. The summed E-state index contributed by atoms with van der Waals surface area (Å²) in [5.74, 6) is 6.19. The first-order valence-electron chi connectivity index (χ1n) is 5.59. The van der Waals surface area contributed by atoms with Crippen LogP contribution in [0.2, 0.25) is 0 Å². The average molecular weight is 258 g/mol. The smallest absolute Gasteiger partial charge is 0.0582 e. The first-order valence-corrected chi connectivity index (χ1v) is 5.59. The summed E-state index contributed by atoms with van der Waals surface area (Å²) in [7, 11) is 0. The SMILES string of the molecule is C(#Cc1ccccc1)CNCc1cccnc1.[Cl-]. The maximum atomic E-state index is 4.06. The van der Waals surface area contributed by atoms with Crippen LogP contribution in [0.1, 0.15) is 11.1 Å². The third-order valence-electron chi connectivity index (χ3n) is 2.27. The highest BCUT2D eigenvalue weighted by atomic mass is 35.5. The lowest BCUT2D eigenvalue weighted by Gasteiger charge is -1.99. The Labute approximate surface area is 114 Å². The highest BCUT2D eigenvalue weighted by Gasteiger charge is 1.88. The second-order valence-electron chi connectivity index (χ2n) is 3.63. The summed E-state index contributed by atoms with van der Waals surface area (Å²) in [6.07, 6.45) is 3.64. The van der Waals surface area contributed by atoms with Crippen LogP contribution >= 0.6 is 0 Å². The molecule has 2 rings (SSSR count). The fourth-order valence-corrected chi connectivity index (χ4v) is 1.44. The van der Waals surface area contributed by atoms with E-state index in [2.05, 4.69) is 22.1 Å². The number of aromatic nitrogens is 1. The van der Waals surface area contributed by atoms with Gasteiger partial charge in [-0.05, 0) is 23.8 Å². The van der Waals surface area contributed by atoms with Crippen molar-refractivity contribution < 1.29 is 12.4 Å². The van der Waals surface area contributed by atoms with Crippen molar-refractivity contribution in [2.24, 2.45) is 0 Å². The van der Waals surface area contributed by atoms with Gasteiger partial charge in [0.05, 0.1) is 6.54 Å². The summed E-state index contributed by atoms with van der Waals surface area (Å²) in [5.41, 5.74) is 2.23. The minimum Gasteiger partial charge on any atom is -1.00 e. The van der Waals surface area contributed by atoms with Gasteiger partial charge in [0.2, 0.25) is 0 Å². The van der Waals surface area contributed by atoms with Crippen LogP contribution in [-0.4, -0.2) is 11.5 Å². The van der Waals surface area contributed by atoms with Crippen molar-refractivity contribution in [2.45, 2.75) is 6.54 Å². The summed E-state index contributed by atoms with van der Waals surface area (Å²) in [5, 5.41) is 3.26. The van der Waals surface area contributed by atoms with E-state index in [9.17, 15) is 0 Å². The lowest BCUT2D eigenvalue weighted by molar-refractivity contribution is -0.00000346. The van der Waals surface area contributed by atoms with Crippen LogP contribution in [0.5, 0.6) is 0 Å². The molecule has 3 heteroatoms. The molecule has 2 nitrogen and oxygen atoms in total. The monoisotopic (exact) mass is 257 g/mol. The lowest BCUT2D eigenvalue weighted by Crippen LogP contribution is -3.00. The van der Waals surface area contributed by atoms with E-state index in [1.54, 1.807) is 6.20 Å². The standard InChI is InChI=1S/C15H14N2.ClH/c1-2-6-14(7-3-1)8-4-10-16-12-15-9-5-11-17-13-15;/h1-3,5-7,9,11,13,16H,10,12H2;1H/p-1. The molecule has 0 saturated heterocycles. The number of hydrogen-bond acceptors (Lipinski definition) is 2. The molecule has 0 unspecified atom stereocenters. The van der Waals surface area contributed by atoms with Gasteiger partial charge in [-0.2, -0.15) is 0 Å². The molecule has 0 radical (unpaired) electrons. The predicted molar refractivity (Wildman–Crippen MR) is 69.3 cm³/mol. The minimum absolute atomic E-state index is 0. The minimum atomic E-state index is 0. The van der Waals surface area contributed by atoms with E-state index in [0.717, 1.165) is 12.1 Å². The number of hydrogen-bond donors (Lipinski definition) is 1. The first-order chi connectivity index (χ1) is 8.45. The Morgan fingerprint density at radius 2 is 1.89 bits per heavy atom. The Kier molecular flexibility index (Phi) is 6.56. The van der Waals surface area contributed by atoms with E-state index in [0.29, 0.717) is 6.54 Å². The Morgan fingerprint density at radius 1 is 1.06 bits per heavy atom.